The number of piperidine rings is 1. The number of fused-ring (bicyclic) bond motifs is 1. The molecule has 1 atom stereocenters. The van der Waals surface area contributed by atoms with Gasteiger partial charge in [-0.1, -0.05) is 6.07 Å². The van der Waals surface area contributed by atoms with Crippen molar-refractivity contribution < 1.29 is 23.1 Å². The molecule has 1 aliphatic heterocycles. The Bertz CT molecular complexity index is 921. The average molecular weight is 413 g/mol. The van der Waals surface area contributed by atoms with Crippen LogP contribution in [0.5, 0.6) is 0 Å². The van der Waals surface area contributed by atoms with Gasteiger partial charge < -0.3 is 15.7 Å². The highest BCUT2D eigenvalue weighted by Crippen LogP contribution is 2.28. The van der Waals surface area contributed by atoms with Crippen molar-refractivity contribution in [3.8, 4) is 10.4 Å². The van der Waals surface area contributed by atoms with Crippen molar-refractivity contribution in [3.63, 3.8) is 0 Å². The molecule has 7 nitrogen and oxygen atoms in total. The number of carboxylic acids is 1. The fourth-order valence-electron chi connectivity index (χ4n) is 2.74. The minimum atomic E-state index is -5.08. The van der Waals surface area contributed by atoms with Crippen LogP contribution in [0.3, 0.4) is 0 Å². The molecule has 11 heteroatoms. The molecule has 3 aromatic heterocycles. The number of carboxylic acid groups (broad SMARTS) is 1. The van der Waals surface area contributed by atoms with Gasteiger partial charge in [-0.2, -0.15) is 18.3 Å². The SMILES string of the molecule is O=C(O)C(F)(F)F.c1csc(-c2cnn3ccc(NC4CCCNC4)nc23)c1. The Morgan fingerprint density at radius 2 is 2.18 bits per heavy atom. The predicted octanol–water partition coefficient (Wildman–Crippen LogP) is 3.26. The Balaban J connectivity index is 0.000000279. The summed E-state index contributed by atoms with van der Waals surface area (Å²) in [5.41, 5.74) is 2.00. The topological polar surface area (TPSA) is 91.5 Å². The summed E-state index contributed by atoms with van der Waals surface area (Å²) < 4.78 is 33.6. The Hall–Kier alpha value is -2.66. The van der Waals surface area contributed by atoms with Gasteiger partial charge in [0.05, 0.1) is 11.8 Å². The maximum Gasteiger partial charge on any atom is 0.490 e. The zero-order chi connectivity index (χ0) is 20.1. The standard InChI is InChI=1S/C15H17N5S.C2HF3O2/c1-3-11(9-16-6-1)18-14-5-7-20-15(19-14)12(10-17-20)13-4-2-8-21-13;3-2(4,5)1(6)7/h2,4-5,7-8,10-11,16H,1,3,6,9H2,(H,18,19);(H,6,7). The van der Waals surface area contributed by atoms with Crippen LogP contribution in [0.1, 0.15) is 12.8 Å². The molecule has 0 amide bonds. The van der Waals surface area contributed by atoms with Gasteiger partial charge in [-0.25, -0.2) is 14.3 Å². The molecule has 0 aliphatic carbocycles. The summed E-state index contributed by atoms with van der Waals surface area (Å²) in [7, 11) is 0. The minimum absolute atomic E-state index is 0.460. The molecule has 4 rings (SSSR count). The first kappa shape index (κ1) is 20.1. The van der Waals surface area contributed by atoms with Gasteiger partial charge in [-0.05, 0) is 36.9 Å². The molecule has 28 heavy (non-hydrogen) atoms. The lowest BCUT2D eigenvalue weighted by atomic mass is 10.1. The Labute approximate surface area is 162 Å². The highest BCUT2D eigenvalue weighted by molar-refractivity contribution is 7.13. The van der Waals surface area contributed by atoms with Crippen LogP contribution < -0.4 is 10.6 Å². The molecule has 3 N–H and O–H groups in total. The Morgan fingerprint density at radius 1 is 1.39 bits per heavy atom. The number of hydrogen-bond donors (Lipinski definition) is 3. The summed E-state index contributed by atoms with van der Waals surface area (Å²) >= 11 is 1.71. The number of nitrogens with one attached hydrogen (secondary N) is 2. The van der Waals surface area contributed by atoms with E-state index in [1.165, 1.54) is 17.7 Å². The van der Waals surface area contributed by atoms with E-state index in [-0.39, 0.29) is 0 Å². The van der Waals surface area contributed by atoms with Gasteiger partial charge in [0.15, 0.2) is 5.65 Å². The van der Waals surface area contributed by atoms with E-state index in [0.29, 0.717) is 6.04 Å². The predicted molar refractivity (Wildman–Crippen MR) is 99.5 cm³/mol. The molecular formula is C17H18F3N5O2S. The first-order valence-electron chi connectivity index (χ1n) is 8.50. The molecule has 1 unspecified atom stereocenters. The highest BCUT2D eigenvalue weighted by Gasteiger charge is 2.38. The van der Waals surface area contributed by atoms with Crippen molar-refractivity contribution in [2.24, 2.45) is 0 Å². The van der Waals surface area contributed by atoms with Crippen molar-refractivity contribution in [2.75, 3.05) is 18.4 Å². The fraction of sp³-hybridized carbons (Fsp3) is 0.353. The molecule has 4 heterocycles. The van der Waals surface area contributed by atoms with E-state index in [9.17, 15) is 13.2 Å². The summed E-state index contributed by atoms with van der Waals surface area (Å²) in [5, 5.41) is 20.5. The van der Waals surface area contributed by atoms with Crippen LogP contribution >= 0.6 is 11.3 Å². The molecule has 1 aliphatic rings. The molecule has 1 saturated heterocycles. The van der Waals surface area contributed by atoms with E-state index in [1.54, 1.807) is 11.3 Å². The van der Waals surface area contributed by atoms with Gasteiger partial charge in [0, 0.05) is 23.7 Å². The van der Waals surface area contributed by atoms with E-state index in [0.717, 1.165) is 30.1 Å². The molecule has 3 aromatic rings. The number of anilines is 1. The first-order valence-corrected chi connectivity index (χ1v) is 9.38. The second-order valence-electron chi connectivity index (χ2n) is 6.11. The monoisotopic (exact) mass is 413 g/mol. The number of aliphatic carboxylic acids is 1. The van der Waals surface area contributed by atoms with Gasteiger partial charge in [0.1, 0.15) is 5.82 Å². The number of hydrogen-bond acceptors (Lipinski definition) is 6. The van der Waals surface area contributed by atoms with Crippen molar-refractivity contribution in [1.29, 1.82) is 0 Å². The third-order valence-electron chi connectivity index (χ3n) is 4.05. The lowest BCUT2D eigenvalue weighted by Gasteiger charge is -2.24. The molecule has 0 aromatic carbocycles. The zero-order valence-corrected chi connectivity index (χ0v) is 15.4. The van der Waals surface area contributed by atoms with Crippen LogP contribution in [0.25, 0.3) is 16.1 Å². The largest absolute Gasteiger partial charge is 0.490 e. The molecule has 0 radical (unpaired) electrons. The molecule has 0 spiro atoms. The summed E-state index contributed by atoms with van der Waals surface area (Å²) in [6, 6.07) is 6.61. The third kappa shape index (κ3) is 4.98. The molecule has 1 fully saturated rings. The maximum absolute atomic E-state index is 10.6. The number of rotatable bonds is 3. The van der Waals surface area contributed by atoms with Crippen molar-refractivity contribution in [2.45, 2.75) is 25.1 Å². The Kier molecular flexibility index (Phi) is 6.15. The van der Waals surface area contributed by atoms with Crippen LogP contribution in [-0.4, -0.2) is 51.0 Å². The number of alkyl halides is 3. The Morgan fingerprint density at radius 3 is 2.79 bits per heavy atom. The quantitative estimate of drug-likeness (QED) is 0.611. The van der Waals surface area contributed by atoms with Crippen LogP contribution in [0, 0.1) is 0 Å². The number of thiophene rings is 1. The van der Waals surface area contributed by atoms with Gasteiger partial charge in [0.2, 0.25) is 0 Å². The smallest absolute Gasteiger partial charge is 0.475 e. The van der Waals surface area contributed by atoms with E-state index >= 15 is 0 Å². The van der Waals surface area contributed by atoms with Gasteiger partial charge >= 0.3 is 12.1 Å². The van der Waals surface area contributed by atoms with Gasteiger partial charge in [-0.3, -0.25) is 0 Å². The van der Waals surface area contributed by atoms with E-state index in [2.05, 4.69) is 33.2 Å². The van der Waals surface area contributed by atoms with Crippen molar-refractivity contribution in [3.05, 3.63) is 36.0 Å². The normalized spacial score (nSPS) is 17.0. The van der Waals surface area contributed by atoms with E-state index in [4.69, 9.17) is 14.9 Å². The summed E-state index contributed by atoms with van der Waals surface area (Å²) in [6.07, 6.45) is 1.18. The third-order valence-corrected chi connectivity index (χ3v) is 4.95. The second kappa shape index (κ2) is 8.57. The fourth-order valence-corrected chi connectivity index (χ4v) is 3.47. The first-order chi connectivity index (χ1) is 13.3. The van der Waals surface area contributed by atoms with Gasteiger partial charge in [-0.15, -0.1) is 11.3 Å². The number of carbonyl (C=O) groups is 1. The summed E-state index contributed by atoms with van der Waals surface area (Å²) in [4.78, 5) is 14.9. The van der Waals surface area contributed by atoms with Crippen LogP contribution in [0.4, 0.5) is 19.0 Å². The molecule has 0 saturated carbocycles. The zero-order valence-electron chi connectivity index (χ0n) is 14.6. The lowest BCUT2D eigenvalue weighted by molar-refractivity contribution is -0.192. The number of aromatic nitrogens is 3. The van der Waals surface area contributed by atoms with Crippen molar-refractivity contribution in [1.82, 2.24) is 19.9 Å². The van der Waals surface area contributed by atoms with Crippen LogP contribution in [-0.2, 0) is 4.79 Å². The van der Waals surface area contributed by atoms with Crippen molar-refractivity contribution >= 4 is 28.8 Å². The molecular weight excluding hydrogens is 395 g/mol. The van der Waals surface area contributed by atoms with E-state index < -0.39 is 12.1 Å². The average Bonchev–Trinajstić information content (AvgIpc) is 3.31. The summed E-state index contributed by atoms with van der Waals surface area (Å²) in [5.74, 6) is -1.83. The van der Waals surface area contributed by atoms with E-state index in [1.807, 2.05) is 23.0 Å². The van der Waals surface area contributed by atoms with Crippen LogP contribution in [0.15, 0.2) is 36.0 Å². The molecule has 0 bridgehead atoms. The highest BCUT2D eigenvalue weighted by atomic mass is 32.1. The lowest BCUT2D eigenvalue weighted by Crippen LogP contribution is -2.38. The molecule has 150 valence electrons. The summed E-state index contributed by atoms with van der Waals surface area (Å²) in [6.45, 7) is 2.12. The maximum atomic E-state index is 10.6. The number of nitrogens with zero attached hydrogens (tertiary/aromatic N) is 3. The van der Waals surface area contributed by atoms with Gasteiger partial charge in [0.25, 0.3) is 0 Å². The van der Waals surface area contributed by atoms with Crippen LogP contribution in [0.2, 0.25) is 0 Å². The second-order valence-corrected chi connectivity index (χ2v) is 7.05. The minimum Gasteiger partial charge on any atom is -0.475 e. The number of halogens is 3.